The van der Waals surface area contributed by atoms with Gasteiger partial charge in [0.15, 0.2) is 0 Å². The fourth-order valence-corrected chi connectivity index (χ4v) is 1.95. The highest BCUT2D eigenvalue weighted by molar-refractivity contribution is 7.15. The Morgan fingerprint density at radius 2 is 1.67 bits per heavy atom. The van der Waals surface area contributed by atoms with Gasteiger partial charge < -0.3 is 10.6 Å². The van der Waals surface area contributed by atoms with E-state index in [1.807, 2.05) is 0 Å². The molecule has 8 heteroatoms. The SMILES string of the molecule is CC(=O)NCCNC(=O)c1ccc(C(=O)NO)s1. The number of hydrogen-bond acceptors (Lipinski definition) is 5. The minimum atomic E-state index is -0.655. The molecule has 0 fully saturated rings. The minimum absolute atomic E-state index is 0.165. The van der Waals surface area contributed by atoms with E-state index in [2.05, 4.69) is 10.6 Å². The first-order valence-corrected chi connectivity index (χ1v) is 5.93. The van der Waals surface area contributed by atoms with Crippen LogP contribution in [0, 0.1) is 0 Å². The largest absolute Gasteiger partial charge is 0.355 e. The van der Waals surface area contributed by atoms with Crippen molar-refractivity contribution in [3.8, 4) is 0 Å². The van der Waals surface area contributed by atoms with Gasteiger partial charge in [-0.1, -0.05) is 0 Å². The number of carbonyl (C=O) groups excluding carboxylic acids is 3. The topological polar surface area (TPSA) is 108 Å². The van der Waals surface area contributed by atoms with E-state index in [1.165, 1.54) is 24.5 Å². The lowest BCUT2D eigenvalue weighted by Gasteiger charge is -2.03. The number of nitrogens with one attached hydrogen (secondary N) is 3. The zero-order valence-corrected chi connectivity index (χ0v) is 10.5. The van der Waals surface area contributed by atoms with Crippen molar-refractivity contribution in [2.45, 2.75) is 6.92 Å². The van der Waals surface area contributed by atoms with Crippen molar-refractivity contribution in [3.05, 3.63) is 21.9 Å². The summed E-state index contributed by atoms with van der Waals surface area (Å²) in [6, 6.07) is 2.93. The predicted molar refractivity (Wildman–Crippen MR) is 64.6 cm³/mol. The molecule has 1 rings (SSSR count). The molecule has 18 heavy (non-hydrogen) atoms. The Morgan fingerprint density at radius 1 is 1.11 bits per heavy atom. The lowest BCUT2D eigenvalue weighted by molar-refractivity contribution is -0.118. The van der Waals surface area contributed by atoms with Gasteiger partial charge in [0.1, 0.15) is 0 Å². The van der Waals surface area contributed by atoms with E-state index in [0.29, 0.717) is 18.0 Å². The summed E-state index contributed by atoms with van der Waals surface area (Å²) in [6.07, 6.45) is 0. The molecule has 0 atom stereocenters. The number of hydrogen-bond donors (Lipinski definition) is 4. The van der Waals surface area contributed by atoms with Crippen LogP contribution in [0.1, 0.15) is 26.3 Å². The van der Waals surface area contributed by atoms with Crippen LogP contribution in [0.25, 0.3) is 0 Å². The van der Waals surface area contributed by atoms with Crippen molar-refractivity contribution < 1.29 is 19.6 Å². The van der Waals surface area contributed by atoms with Gasteiger partial charge in [-0.2, -0.15) is 0 Å². The summed E-state index contributed by atoms with van der Waals surface area (Å²) in [5, 5.41) is 13.6. The van der Waals surface area contributed by atoms with Gasteiger partial charge in [-0.25, -0.2) is 5.48 Å². The van der Waals surface area contributed by atoms with Gasteiger partial charge >= 0.3 is 0 Å². The molecule has 1 heterocycles. The summed E-state index contributed by atoms with van der Waals surface area (Å²) in [6.45, 7) is 2.04. The second-order valence-electron chi connectivity index (χ2n) is 3.34. The van der Waals surface area contributed by atoms with Crippen molar-refractivity contribution in [2.75, 3.05) is 13.1 Å². The quantitative estimate of drug-likeness (QED) is 0.336. The van der Waals surface area contributed by atoms with Crippen LogP contribution in [0.2, 0.25) is 0 Å². The summed E-state index contributed by atoms with van der Waals surface area (Å²) in [7, 11) is 0. The Bertz CT molecular complexity index is 458. The van der Waals surface area contributed by atoms with E-state index in [-0.39, 0.29) is 16.7 Å². The van der Waals surface area contributed by atoms with E-state index in [4.69, 9.17) is 5.21 Å². The average Bonchev–Trinajstić information content (AvgIpc) is 2.82. The zero-order chi connectivity index (χ0) is 13.5. The molecule has 0 bridgehead atoms. The first-order chi connectivity index (χ1) is 8.54. The first-order valence-electron chi connectivity index (χ1n) is 5.11. The van der Waals surface area contributed by atoms with Crippen LogP contribution in [0.3, 0.4) is 0 Å². The fourth-order valence-electron chi connectivity index (χ4n) is 1.14. The number of amides is 3. The van der Waals surface area contributed by atoms with Crippen LogP contribution in [-0.4, -0.2) is 36.0 Å². The number of rotatable bonds is 5. The van der Waals surface area contributed by atoms with Crippen LogP contribution >= 0.6 is 11.3 Å². The van der Waals surface area contributed by atoms with Gasteiger partial charge in [-0.3, -0.25) is 19.6 Å². The van der Waals surface area contributed by atoms with E-state index in [1.54, 1.807) is 0 Å². The molecule has 0 aliphatic rings. The maximum absolute atomic E-state index is 11.6. The second kappa shape index (κ2) is 6.72. The van der Waals surface area contributed by atoms with Gasteiger partial charge in [0.2, 0.25) is 5.91 Å². The average molecular weight is 271 g/mol. The summed E-state index contributed by atoms with van der Waals surface area (Å²) in [5.74, 6) is -1.15. The van der Waals surface area contributed by atoms with Crippen LogP contribution in [-0.2, 0) is 4.79 Å². The lowest BCUT2D eigenvalue weighted by Crippen LogP contribution is -2.33. The fraction of sp³-hybridized carbons (Fsp3) is 0.300. The lowest BCUT2D eigenvalue weighted by atomic mass is 10.4. The predicted octanol–water partition coefficient (Wildman–Crippen LogP) is -0.267. The molecule has 0 radical (unpaired) electrons. The Hall–Kier alpha value is -1.93. The molecule has 3 amide bonds. The van der Waals surface area contributed by atoms with Crippen molar-refractivity contribution in [3.63, 3.8) is 0 Å². The second-order valence-corrected chi connectivity index (χ2v) is 4.43. The standard InChI is InChI=1S/C10H13N3O4S/c1-6(14)11-4-5-12-9(15)7-2-3-8(18-7)10(16)13-17/h2-3,17H,4-5H2,1H3,(H,11,14)(H,12,15)(H,13,16). The highest BCUT2D eigenvalue weighted by atomic mass is 32.1. The van der Waals surface area contributed by atoms with Crippen molar-refractivity contribution in [2.24, 2.45) is 0 Å². The molecule has 98 valence electrons. The Balaban J connectivity index is 2.44. The highest BCUT2D eigenvalue weighted by Crippen LogP contribution is 2.15. The molecule has 0 spiro atoms. The monoisotopic (exact) mass is 271 g/mol. The van der Waals surface area contributed by atoms with Gasteiger partial charge in [-0.15, -0.1) is 11.3 Å². The Kier molecular flexibility index (Phi) is 5.28. The van der Waals surface area contributed by atoms with Crippen molar-refractivity contribution >= 4 is 29.1 Å². The van der Waals surface area contributed by atoms with Crippen molar-refractivity contribution in [1.29, 1.82) is 0 Å². The normalized spacial score (nSPS) is 9.67. The van der Waals surface area contributed by atoms with Gasteiger partial charge in [0.25, 0.3) is 11.8 Å². The molecule has 1 aromatic rings. The van der Waals surface area contributed by atoms with Crippen LogP contribution in [0.5, 0.6) is 0 Å². The molecular formula is C10H13N3O4S. The third-order valence-corrected chi connectivity index (χ3v) is 3.02. The van der Waals surface area contributed by atoms with Crippen LogP contribution < -0.4 is 16.1 Å². The smallest absolute Gasteiger partial charge is 0.284 e. The first kappa shape index (κ1) is 14.1. The molecular weight excluding hydrogens is 258 g/mol. The third-order valence-electron chi connectivity index (χ3n) is 1.94. The van der Waals surface area contributed by atoms with E-state index >= 15 is 0 Å². The molecule has 0 saturated heterocycles. The zero-order valence-electron chi connectivity index (χ0n) is 9.65. The van der Waals surface area contributed by atoms with Crippen LogP contribution in [0.15, 0.2) is 12.1 Å². The molecule has 0 aliphatic carbocycles. The number of carbonyl (C=O) groups is 3. The molecule has 0 aromatic carbocycles. The van der Waals surface area contributed by atoms with E-state index < -0.39 is 5.91 Å². The van der Waals surface area contributed by atoms with E-state index in [0.717, 1.165) is 11.3 Å². The van der Waals surface area contributed by atoms with Gasteiger partial charge in [-0.05, 0) is 12.1 Å². The van der Waals surface area contributed by atoms with E-state index in [9.17, 15) is 14.4 Å². The Morgan fingerprint density at radius 3 is 2.22 bits per heavy atom. The van der Waals surface area contributed by atoms with Gasteiger partial charge in [0, 0.05) is 20.0 Å². The Labute approximate surface area is 107 Å². The molecule has 0 saturated carbocycles. The summed E-state index contributed by atoms with van der Waals surface area (Å²) in [5.41, 5.74) is 1.49. The third kappa shape index (κ3) is 4.15. The molecule has 1 aromatic heterocycles. The summed E-state index contributed by atoms with van der Waals surface area (Å²) >= 11 is 0.967. The minimum Gasteiger partial charge on any atom is -0.355 e. The summed E-state index contributed by atoms with van der Waals surface area (Å²) < 4.78 is 0. The molecule has 0 aliphatic heterocycles. The maximum atomic E-state index is 11.6. The number of hydroxylamine groups is 1. The number of thiophene rings is 1. The van der Waals surface area contributed by atoms with Crippen molar-refractivity contribution in [1.82, 2.24) is 16.1 Å². The highest BCUT2D eigenvalue weighted by Gasteiger charge is 2.12. The molecule has 0 unspecified atom stereocenters. The van der Waals surface area contributed by atoms with Crippen LogP contribution in [0.4, 0.5) is 0 Å². The summed E-state index contributed by atoms with van der Waals surface area (Å²) in [4.78, 5) is 33.8. The molecule has 4 N–H and O–H groups in total. The molecule has 7 nitrogen and oxygen atoms in total. The van der Waals surface area contributed by atoms with Gasteiger partial charge in [0.05, 0.1) is 9.75 Å². The maximum Gasteiger partial charge on any atom is 0.284 e.